The van der Waals surface area contributed by atoms with Crippen LogP contribution in [0.3, 0.4) is 0 Å². The summed E-state index contributed by atoms with van der Waals surface area (Å²) in [7, 11) is 2.06. The van der Waals surface area contributed by atoms with Gasteiger partial charge in [0.15, 0.2) is 5.76 Å². The van der Waals surface area contributed by atoms with Crippen LogP contribution in [0.4, 0.5) is 0 Å². The van der Waals surface area contributed by atoms with Crippen LogP contribution in [-0.4, -0.2) is 23.6 Å². The Morgan fingerprint density at radius 3 is 3.07 bits per heavy atom. The number of rotatable bonds is 7. The molecule has 2 N–H and O–H groups in total. The Hall–Kier alpha value is -1.13. The van der Waals surface area contributed by atoms with Crippen molar-refractivity contribution in [3.63, 3.8) is 0 Å². The third kappa shape index (κ3) is 4.27. The Morgan fingerprint density at radius 2 is 2.47 bits per heavy atom. The van der Waals surface area contributed by atoms with E-state index in [0.29, 0.717) is 6.54 Å². The maximum absolute atomic E-state index is 5.45. The van der Waals surface area contributed by atoms with Crippen LogP contribution in [0.1, 0.15) is 24.3 Å². The Balaban J connectivity index is 2.30. The van der Waals surface area contributed by atoms with Crippen molar-refractivity contribution >= 4 is 0 Å². The fourth-order valence-corrected chi connectivity index (χ4v) is 1.38. The van der Waals surface area contributed by atoms with Crippen molar-refractivity contribution in [2.45, 2.75) is 25.9 Å². The molecule has 84 valence electrons. The van der Waals surface area contributed by atoms with E-state index >= 15 is 0 Å². The highest BCUT2D eigenvalue weighted by Crippen LogP contribution is 2.06. The van der Waals surface area contributed by atoms with Crippen LogP contribution in [0.25, 0.3) is 0 Å². The first-order valence-corrected chi connectivity index (χ1v) is 5.20. The van der Waals surface area contributed by atoms with E-state index in [1.165, 1.54) is 0 Å². The Bertz CT molecular complexity index is 296. The first-order chi connectivity index (χ1) is 7.26. The summed E-state index contributed by atoms with van der Waals surface area (Å²) in [5, 5.41) is 3.84. The van der Waals surface area contributed by atoms with E-state index in [-0.39, 0.29) is 0 Å². The zero-order valence-electron chi connectivity index (χ0n) is 9.28. The van der Waals surface area contributed by atoms with Crippen LogP contribution >= 0.6 is 0 Å². The van der Waals surface area contributed by atoms with Gasteiger partial charge in [0.2, 0.25) is 0 Å². The molecule has 0 spiro atoms. The lowest BCUT2D eigenvalue weighted by molar-refractivity contribution is 0.270. The van der Waals surface area contributed by atoms with Crippen LogP contribution in [0, 0.1) is 0 Å². The van der Waals surface area contributed by atoms with Gasteiger partial charge in [-0.3, -0.25) is 4.90 Å². The van der Waals surface area contributed by atoms with Gasteiger partial charge in [0.1, 0.15) is 0 Å². The van der Waals surface area contributed by atoms with E-state index in [1.807, 2.05) is 12.1 Å². The van der Waals surface area contributed by atoms with Crippen molar-refractivity contribution < 1.29 is 4.52 Å². The van der Waals surface area contributed by atoms with Crippen molar-refractivity contribution in [3.05, 3.63) is 30.2 Å². The maximum atomic E-state index is 5.45. The first-order valence-electron chi connectivity index (χ1n) is 5.20. The van der Waals surface area contributed by atoms with Gasteiger partial charge in [-0.1, -0.05) is 11.2 Å². The summed E-state index contributed by atoms with van der Waals surface area (Å²) in [5.74, 6) is 0.872. The van der Waals surface area contributed by atoms with Crippen molar-refractivity contribution in [2.24, 2.45) is 5.73 Å². The lowest BCUT2D eigenvalue weighted by Crippen LogP contribution is -2.18. The predicted octanol–water partition coefficient (Wildman–Crippen LogP) is 1.53. The molecule has 15 heavy (non-hydrogen) atoms. The SMILES string of the molecule is C=CCCCN(C)Cc1cc(CN)no1. The van der Waals surface area contributed by atoms with Crippen molar-refractivity contribution in [2.75, 3.05) is 13.6 Å². The highest BCUT2D eigenvalue weighted by atomic mass is 16.5. The molecule has 1 heterocycles. The molecule has 0 amide bonds. The van der Waals surface area contributed by atoms with Gasteiger partial charge < -0.3 is 10.3 Å². The molecule has 0 bridgehead atoms. The molecule has 0 fully saturated rings. The molecule has 0 saturated heterocycles. The van der Waals surface area contributed by atoms with E-state index in [2.05, 4.69) is 23.7 Å². The fraction of sp³-hybridized carbons (Fsp3) is 0.545. The van der Waals surface area contributed by atoms with Gasteiger partial charge in [-0.25, -0.2) is 0 Å². The zero-order valence-corrected chi connectivity index (χ0v) is 9.28. The summed E-state index contributed by atoms with van der Waals surface area (Å²) >= 11 is 0. The largest absolute Gasteiger partial charge is 0.360 e. The van der Waals surface area contributed by atoms with Crippen molar-refractivity contribution in [1.29, 1.82) is 0 Å². The monoisotopic (exact) mass is 209 g/mol. The topological polar surface area (TPSA) is 55.3 Å². The van der Waals surface area contributed by atoms with Crippen molar-refractivity contribution in [1.82, 2.24) is 10.1 Å². The van der Waals surface area contributed by atoms with E-state index in [0.717, 1.165) is 37.4 Å². The molecule has 0 atom stereocenters. The number of hydrogen-bond acceptors (Lipinski definition) is 4. The molecule has 1 aromatic rings. The van der Waals surface area contributed by atoms with Crippen LogP contribution < -0.4 is 5.73 Å². The summed E-state index contributed by atoms with van der Waals surface area (Å²) in [5.41, 5.74) is 6.25. The zero-order chi connectivity index (χ0) is 11.1. The highest BCUT2D eigenvalue weighted by molar-refractivity contribution is 5.04. The van der Waals surface area contributed by atoms with Crippen LogP contribution in [0.15, 0.2) is 23.2 Å². The summed E-state index contributed by atoms with van der Waals surface area (Å²) in [6.07, 6.45) is 4.11. The van der Waals surface area contributed by atoms with E-state index in [1.54, 1.807) is 0 Å². The molecular weight excluding hydrogens is 190 g/mol. The third-order valence-corrected chi connectivity index (χ3v) is 2.19. The second-order valence-electron chi connectivity index (χ2n) is 3.66. The second kappa shape index (κ2) is 6.37. The third-order valence-electron chi connectivity index (χ3n) is 2.19. The molecule has 0 aromatic carbocycles. The number of hydrogen-bond donors (Lipinski definition) is 1. The van der Waals surface area contributed by atoms with Gasteiger partial charge >= 0.3 is 0 Å². The first kappa shape index (κ1) is 11.9. The van der Waals surface area contributed by atoms with E-state index in [4.69, 9.17) is 10.3 Å². The normalized spacial score (nSPS) is 10.9. The highest BCUT2D eigenvalue weighted by Gasteiger charge is 2.05. The standard InChI is InChI=1S/C11H19N3O/c1-3-4-5-6-14(2)9-11-7-10(8-12)13-15-11/h3,7H,1,4-6,8-9,12H2,2H3. The van der Waals surface area contributed by atoms with Gasteiger partial charge in [-0.15, -0.1) is 6.58 Å². The molecule has 4 nitrogen and oxygen atoms in total. The molecule has 0 aliphatic heterocycles. The molecule has 1 aromatic heterocycles. The van der Waals surface area contributed by atoms with Crippen LogP contribution in [-0.2, 0) is 13.1 Å². The average Bonchev–Trinajstić information content (AvgIpc) is 2.66. The number of allylic oxidation sites excluding steroid dienone is 1. The van der Waals surface area contributed by atoms with E-state index in [9.17, 15) is 0 Å². The minimum atomic E-state index is 0.434. The summed E-state index contributed by atoms with van der Waals surface area (Å²) < 4.78 is 5.14. The Labute approximate surface area is 90.7 Å². The van der Waals surface area contributed by atoms with Crippen molar-refractivity contribution in [3.8, 4) is 0 Å². The van der Waals surface area contributed by atoms with Gasteiger partial charge in [-0.05, 0) is 26.4 Å². The summed E-state index contributed by atoms with van der Waals surface area (Å²) in [4.78, 5) is 2.20. The molecule has 0 aliphatic rings. The van der Waals surface area contributed by atoms with Crippen LogP contribution in [0.5, 0.6) is 0 Å². The maximum Gasteiger partial charge on any atom is 0.151 e. The predicted molar refractivity (Wildman–Crippen MR) is 60.2 cm³/mol. The molecule has 1 rings (SSSR count). The second-order valence-corrected chi connectivity index (χ2v) is 3.66. The number of nitrogens with zero attached hydrogens (tertiary/aromatic N) is 2. The molecular formula is C11H19N3O. The molecule has 4 heteroatoms. The molecule has 0 saturated carbocycles. The lowest BCUT2D eigenvalue weighted by atomic mass is 10.3. The summed E-state index contributed by atoms with van der Waals surface area (Å²) in [6, 6.07) is 1.91. The van der Waals surface area contributed by atoms with Gasteiger partial charge in [0.05, 0.1) is 12.2 Å². The van der Waals surface area contributed by atoms with Gasteiger partial charge in [0.25, 0.3) is 0 Å². The van der Waals surface area contributed by atoms with Gasteiger partial charge in [-0.2, -0.15) is 0 Å². The smallest absolute Gasteiger partial charge is 0.151 e. The average molecular weight is 209 g/mol. The van der Waals surface area contributed by atoms with E-state index < -0.39 is 0 Å². The quantitative estimate of drug-likeness (QED) is 0.546. The fourth-order valence-electron chi connectivity index (χ4n) is 1.38. The Kier molecular flexibility index (Phi) is 5.07. The minimum Gasteiger partial charge on any atom is -0.360 e. The number of aromatic nitrogens is 1. The lowest BCUT2D eigenvalue weighted by Gasteiger charge is -2.13. The molecule has 0 unspecified atom stereocenters. The number of unbranched alkanes of at least 4 members (excludes halogenated alkanes) is 1. The Morgan fingerprint density at radius 1 is 1.67 bits per heavy atom. The van der Waals surface area contributed by atoms with Crippen LogP contribution in [0.2, 0.25) is 0 Å². The minimum absolute atomic E-state index is 0.434. The van der Waals surface area contributed by atoms with Gasteiger partial charge in [0, 0.05) is 12.6 Å². The molecule has 0 aliphatic carbocycles. The molecule has 0 radical (unpaired) electrons. The summed E-state index contributed by atoms with van der Waals surface area (Å²) in [6.45, 7) is 5.94. The number of nitrogens with two attached hydrogens (primary N) is 1.